The molecule has 0 spiro atoms. The third kappa shape index (κ3) is 7.00. The first-order valence-corrected chi connectivity index (χ1v) is 10.0. The van der Waals surface area contributed by atoms with Crippen molar-refractivity contribution in [3.8, 4) is 11.8 Å². The van der Waals surface area contributed by atoms with E-state index < -0.39 is 11.4 Å². The molecule has 0 aromatic heterocycles. The normalized spacial score (nSPS) is 11.8. The van der Waals surface area contributed by atoms with E-state index in [1.54, 1.807) is 6.92 Å². The summed E-state index contributed by atoms with van der Waals surface area (Å²) < 4.78 is 6.68. The Labute approximate surface area is 174 Å². The summed E-state index contributed by atoms with van der Waals surface area (Å²) in [4.78, 5) is 12.5. The fourth-order valence-electron chi connectivity index (χ4n) is 1.98. The lowest BCUT2D eigenvalue weighted by Gasteiger charge is -2.30. The summed E-state index contributed by atoms with van der Waals surface area (Å²) in [5.74, 6) is 6.13. The van der Waals surface area contributed by atoms with Gasteiger partial charge in [0.15, 0.2) is 0 Å². The quantitative estimate of drug-likeness (QED) is 0.107. The summed E-state index contributed by atoms with van der Waals surface area (Å²) in [5, 5.41) is 5.00. The van der Waals surface area contributed by atoms with Crippen LogP contribution >= 0.6 is 34.2 Å². The van der Waals surface area contributed by atoms with Gasteiger partial charge in [0.1, 0.15) is 17.4 Å². The average molecular weight is 487 g/mol. The molecule has 0 radical (unpaired) electrons. The van der Waals surface area contributed by atoms with Crippen LogP contribution in [0.1, 0.15) is 45.2 Å². The van der Waals surface area contributed by atoms with Crippen molar-refractivity contribution in [3.05, 3.63) is 46.2 Å². The average Bonchev–Trinajstić information content (AvgIpc) is 2.59. The van der Waals surface area contributed by atoms with Crippen molar-refractivity contribution < 1.29 is 9.53 Å². The Morgan fingerprint density at radius 3 is 2.46 bits per heavy atom. The Kier molecular flexibility index (Phi) is 9.17. The maximum absolute atomic E-state index is 12.5. The monoisotopic (exact) mass is 486 g/mol. The van der Waals surface area contributed by atoms with E-state index in [9.17, 15) is 4.79 Å². The van der Waals surface area contributed by atoms with Crippen LogP contribution in [0.2, 0.25) is 0 Å². The number of rotatable bonds is 6. The Bertz CT molecular complexity index is 725. The van der Waals surface area contributed by atoms with Gasteiger partial charge in [0.05, 0.1) is 5.54 Å². The Hall–Kier alpha value is -1.52. The molecule has 26 heavy (non-hydrogen) atoms. The largest absolute Gasteiger partial charge is 0.492 e. The maximum atomic E-state index is 12.5. The van der Waals surface area contributed by atoms with Crippen molar-refractivity contribution in [2.45, 2.75) is 46.3 Å². The van der Waals surface area contributed by atoms with Crippen molar-refractivity contribution in [1.82, 2.24) is 5.01 Å². The number of allylic oxidation sites excluding steroid dienone is 1. The smallest absolute Gasteiger partial charge is 0.289 e. The highest BCUT2D eigenvalue weighted by molar-refractivity contribution is 14.1. The van der Waals surface area contributed by atoms with Gasteiger partial charge in [0, 0.05) is 23.1 Å². The molecule has 0 aliphatic heterocycles. The van der Waals surface area contributed by atoms with Crippen LogP contribution in [0, 0.1) is 11.8 Å². The minimum Gasteiger partial charge on any atom is -0.492 e. The van der Waals surface area contributed by atoms with Crippen molar-refractivity contribution in [2.75, 3.05) is 4.43 Å². The molecule has 1 amide bonds. The molecule has 0 heterocycles. The molecule has 140 valence electrons. The minimum atomic E-state index is -0.520. The number of carbonyl (C=O) groups is 1. The van der Waals surface area contributed by atoms with E-state index >= 15 is 0 Å². The number of hydrogen-bond donors (Lipinski definition) is 0. The number of ether oxygens (including phenoxy) is 1. The topological polar surface area (TPSA) is 41.9 Å². The lowest BCUT2D eigenvalue weighted by Crippen LogP contribution is -2.41. The molecule has 4 nitrogen and oxygen atoms in total. The van der Waals surface area contributed by atoms with Gasteiger partial charge in [-0.25, -0.2) is 5.01 Å². The Balaban J connectivity index is 2.76. The third-order valence-corrected chi connectivity index (χ3v) is 4.29. The number of alkyl halides is 1. The van der Waals surface area contributed by atoms with Gasteiger partial charge in [-0.05, 0) is 45.4 Å². The lowest BCUT2D eigenvalue weighted by molar-refractivity contribution is -0.131. The molecule has 0 saturated heterocycles. The van der Waals surface area contributed by atoms with Crippen LogP contribution in [0.3, 0.4) is 0 Å². The van der Waals surface area contributed by atoms with Crippen LogP contribution < -0.4 is 0 Å². The van der Waals surface area contributed by atoms with Gasteiger partial charge < -0.3 is 4.74 Å². The molecule has 0 atom stereocenters. The van der Waals surface area contributed by atoms with E-state index in [-0.39, 0.29) is 5.03 Å². The molecule has 0 aliphatic rings. The molecular weight excluding hydrogens is 463 g/mol. The van der Waals surface area contributed by atoms with Crippen LogP contribution in [-0.4, -0.2) is 27.6 Å². The van der Waals surface area contributed by atoms with Gasteiger partial charge in [0.2, 0.25) is 0 Å². The van der Waals surface area contributed by atoms with Crippen LogP contribution in [0.15, 0.2) is 40.2 Å². The van der Waals surface area contributed by atoms with E-state index in [1.807, 2.05) is 45.0 Å². The van der Waals surface area contributed by atoms with Crippen molar-refractivity contribution in [1.29, 1.82) is 0 Å². The number of nitrogens with zero attached hydrogens (tertiary/aromatic N) is 2. The highest BCUT2D eigenvalue weighted by atomic mass is 127. The van der Waals surface area contributed by atoms with Crippen LogP contribution in [0.4, 0.5) is 0 Å². The first-order valence-electron chi connectivity index (χ1n) is 8.15. The molecular formula is C20H24ClIN2O2. The van der Waals surface area contributed by atoms with Crippen LogP contribution in [-0.2, 0) is 16.1 Å². The molecule has 1 aromatic rings. The maximum Gasteiger partial charge on any atom is 0.289 e. The number of carbonyl (C=O) groups excluding carboxylic acids is 1. The van der Waals surface area contributed by atoms with Gasteiger partial charge >= 0.3 is 0 Å². The number of amides is 1. The zero-order valence-corrected chi connectivity index (χ0v) is 18.5. The first kappa shape index (κ1) is 22.5. The zero-order valence-electron chi connectivity index (χ0n) is 15.6. The lowest BCUT2D eigenvalue weighted by atomic mass is 10.1. The second-order valence-corrected chi connectivity index (χ2v) is 7.98. The van der Waals surface area contributed by atoms with Gasteiger partial charge in [-0.3, -0.25) is 4.79 Å². The summed E-state index contributed by atoms with van der Waals surface area (Å²) in [7, 11) is 0. The third-order valence-electron chi connectivity index (χ3n) is 3.33. The van der Waals surface area contributed by atoms with Crippen molar-refractivity contribution in [3.63, 3.8) is 0 Å². The molecule has 0 unspecified atom stereocenters. The number of halogens is 2. The Morgan fingerprint density at radius 1 is 1.35 bits per heavy atom. The molecule has 0 aliphatic carbocycles. The van der Waals surface area contributed by atoms with Gasteiger partial charge in [-0.2, -0.15) is 5.10 Å². The van der Waals surface area contributed by atoms with E-state index in [4.69, 9.17) is 16.3 Å². The zero-order chi connectivity index (χ0) is 19.7. The van der Waals surface area contributed by atoms with Crippen molar-refractivity contribution in [2.24, 2.45) is 5.10 Å². The summed E-state index contributed by atoms with van der Waals surface area (Å²) in [6.45, 7) is 11.0. The highest BCUT2D eigenvalue weighted by Crippen LogP contribution is 2.22. The highest BCUT2D eigenvalue weighted by Gasteiger charge is 2.29. The Morgan fingerprint density at radius 2 is 1.96 bits per heavy atom. The van der Waals surface area contributed by atoms with E-state index in [0.29, 0.717) is 12.4 Å². The second kappa shape index (κ2) is 10.6. The molecule has 0 N–H and O–H groups in total. The molecule has 1 rings (SSSR count). The van der Waals surface area contributed by atoms with E-state index in [0.717, 1.165) is 22.0 Å². The van der Waals surface area contributed by atoms with E-state index in [2.05, 4.69) is 46.3 Å². The summed E-state index contributed by atoms with van der Waals surface area (Å²) in [6.07, 6.45) is 0.882. The van der Waals surface area contributed by atoms with Gasteiger partial charge in [-0.1, -0.05) is 58.2 Å². The molecule has 0 bridgehead atoms. The van der Waals surface area contributed by atoms with Gasteiger partial charge in [0.25, 0.3) is 5.91 Å². The predicted octanol–water partition coefficient (Wildman–Crippen LogP) is 5.09. The predicted molar refractivity (Wildman–Crippen MR) is 116 cm³/mol. The number of hydrogen-bond acceptors (Lipinski definition) is 3. The SMILES string of the molecule is C=NN(C(=O)/C(Cl)=C(\C)OCc1ccc(C#CCCI)cc1)C(C)(C)C. The minimum absolute atomic E-state index is 0.00592. The fourth-order valence-corrected chi connectivity index (χ4v) is 2.38. The molecule has 0 fully saturated rings. The van der Waals surface area contributed by atoms with Crippen LogP contribution in [0.5, 0.6) is 0 Å². The standard InChI is InChI=1S/C20H24ClIN2O2/c1-15(18(21)19(25)24(23-5)20(2,3)4)26-14-17-11-9-16(10-12-17)8-6-7-13-22/h9-12H,5,7,13-14H2,1-4H3/b18-15-. The fraction of sp³-hybridized carbons (Fsp3) is 0.400. The van der Waals surface area contributed by atoms with Crippen molar-refractivity contribution >= 4 is 46.8 Å². The summed E-state index contributed by atoms with van der Waals surface area (Å²) >= 11 is 8.48. The number of benzene rings is 1. The van der Waals surface area contributed by atoms with Crippen LogP contribution in [0.25, 0.3) is 0 Å². The second-order valence-electron chi connectivity index (χ2n) is 6.53. The molecule has 0 saturated carbocycles. The van der Waals surface area contributed by atoms with Gasteiger partial charge in [-0.15, -0.1) is 0 Å². The summed E-state index contributed by atoms with van der Waals surface area (Å²) in [6, 6.07) is 7.80. The summed E-state index contributed by atoms with van der Waals surface area (Å²) in [5.41, 5.74) is 1.42. The van der Waals surface area contributed by atoms with E-state index in [1.165, 1.54) is 5.01 Å². The molecule has 6 heteroatoms. The molecule has 1 aromatic carbocycles. The number of hydrazone groups is 1. The first-order chi connectivity index (χ1) is 12.2.